The van der Waals surface area contributed by atoms with Gasteiger partial charge in [0.05, 0.1) is 17.6 Å². The van der Waals surface area contributed by atoms with E-state index in [2.05, 4.69) is 14.9 Å². The number of hydrogen-bond donors (Lipinski definition) is 3. The van der Waals surface area contributed by atoms with Crippen LogP contribution in [0.4, 0.5) is 5.69 Å². The van der Waals surface area contributed by atoms with Crippen LogP contribution < -0.4 is 10.5 Å². The van der Waals surface area contributed by atoms with E-state index in [0.29, 0.717) is 11.4 Å². The molecule has 2 rings (SSSR count). The first-order valence-corrected chi connectivity index (χ1v) is 7.27. The minimum atomic E-state index is -3.66. The van der Waals surface area contributed by atoms with E-state index in [4.69, 9.17) is 5.73 Å². The molecule has 102 valence electrons. The molecule has 1 aromatic heterocycles. The molecule has 1 aromatic carbocycles. The van der Waals surface area contributed by atoms with Crippen LogP contribution >= 0.6 is 0 Å². The van der Waals surface area contributed by atoms with Crippen molar-refractivity contribution in [1.82, 2.24) is 10.2 Å². The molecule has 7 heteroatoms. The normalized spacial score (nSPS) is 13.2. The van der Waals surface area contributed by atoms with Crippen LogP contribution in [-0.4, -0.2) is 18.6 Å². The van der Waals surface area contributed by atoms with Crippen molar-refractivity contribution in [3.8, 4) is 0 Å². The summed E-state index contributed by atoms with van der Waals surface area (Å²) in [6, 6.07) is 6.80. The van der Waals surface area contributed by atoms with Gasteiger partial charge >= 0.3 is 0 Å². The highest BCUT2D eigenvalue weighted by molar-refractivity contribution is 7.92. The molecule has 19 heavy (non-hydrogen) atoms. The highest BCUT2D eigenvalue weighted by Gasteiger charge is 2.20. The van der Waals surface area contributed by atoms with Crippen molar-refractivity contribution in [1.29, 1.82) is 0 Å². The molecule has 4 N–H and O–H groups in total. The first kappa shape index (κ1) is 13.6. The molecule has 2 aromatic rings. The molecule has 6 nitrogen and oxygen atoms in total. The maximum atomic E-state index is 12.2. The quantitative estimate of drug-likeness (QED) is 0.790. The van der Waals surface area contributed by atoms with E-state index in [1.54, 1.807) is 32.0 Å². The summed E-state index contributed by atoms with van der Waals surface area (Å²) < 4.78 is 27.0. The lowest BCUT2D eigenvalue weighted by molar-refractivity contribution is 0.600. The number of H-pyrrole nitrogens is 1. The Balaban J connectivity index is 2.39. The van der Waals surface area contributed by atoms with Crippen LogP contribution in [0.25, 0.3) is 0 Å². The highest BCUT2D eigenvalue weighted by atomic mass is 32.2. The number of benzene rings is 1. The average Bonchev–Trinajstić information content (AvgIpc) is 2.76. The molecule has 0 radical (unpaired) electrons. The predicted molar refractivity (Wildman–Crippen MR) is 73.2 cm³/mol. The fourth-order valence-electron chi connectivity index (χ4n) is 1.80. The first-order valence-electron chi connectivity index (χ1n) is 5.79. The van der Waals surface area contributed by atoms with Crippen LogP contribution in [0.5, 0.6) is 0 Å². The van der Waals surface area contributed by atoms with Gasteiger partial charge in [-0.2, -0.15) is 5.10 Å². The lowest BCUT2D eigenvalue weighted by atomic mass is 10.1. The summed E-state index contributed by atoms with van der Waals surface area (Å²) in [4.78, 5) is 0.131. The maximum Gasteiger partial charge on any atom is 0.265 e. The monoisotopic (exact) mass is 280 g/mol. The van der Waals surface area contributed by atoms with Gasteiger partial charge in [-0.25, -0.2) is 8.42 Å². The van der Waals surface area contributed by atoms with Crippen molar-refractivity contribution in [2.45, 2.75) is 24.8 Å². The Morgan fingerprint density at radius 2 is 2.05 bits per heavy atom. The summed E-state index contributed by atoms with van der Waals surface area (Å²) in [5.74, 6) is 0. The molecule has 0 saturated carbocycles. The Hall–Kier alpha value is -1.86. The van der Waals surface area contributed by atoms with Crippen LogP contribution in [0.15, 0.2) is 35.4 Å². The van der Waals surface area contributed by atoms with E-state index < -0.39 is 10.0 Å². The molecule has 0 aliphatic heterocycles. The van der Waals surface area contributed by atoms with Gasteiger partial charge in [-0.1, -0.05) is 18.2 Å². The Morgan fingerprint density at radius 1 is 1.37 bits per heavy atom. The zero-order valence-electron chi connectivity index (χ0n) is 10.7. The minimum absolute atomic E-state index is 0.131. The Labute approximate surface area is 112 Å². The molecule has 1 unspecified atom stereocenters. The lowest BCUT2D eigenvalue weighted by Crippen LogP contribution is -2.16. The molecular weight excluding hydrogens is 264 g/mol. The number of hydrogen-bond acceptors (Lipinski definition) is 4. The Kier molecular flexibility index (Phi) is 3.59. The summed E-state index contributed by atoms with van der Waals surface area (Å²) in [5, 5.41) is 6.32. The largest absolute Gasteiger partial charge is 0.324 e. The third-order valence-corrected chi connectivity index (χ3v) is 4.25. The van der Waals surface area contributed by atoms with Gasteiger partial charge in [-0.05, 0) is 25.5 Å². The van der Waals surface area contributed by atoms with Crippen LogP contribution in [0.3, 0.4) is 0 Å². The first-order chi connectivity index (χ1) is 8.92. The third-order valence-electron chi connectivity index (χ3n) is 2.77. The SMILES string of the molecule is Cc1[nH]ncc1S(=O)(=O)Nc1ccccc1C(C)N. The Morgan fingerprint density at radius 3 is 2.63 bits per heavy atom. The third kappa shape index (κ3) is 2.77. The van der Waals surface area contributed by atoms with Crippen LogP contribution in [0.2, 0.25) is 0 Å². The molecular formula is C12H16N4O2S. The second kappa shape index (κ2) is 5.02. The number of nitrogens with two attached hydrogens (primary N) is 1. The summed E-state index contributed by atoms with van der Waals surface area (Å²) in [7, 11) is -3.66. The second-order valence-corrected chi connectivity index (χ2v) is 5.99. The number of aryl methyl sites for hydroxylation is 1. The maximum absolute atomic E-state index is 12.2. The van der Waals surface area contributed by atoms with E-state index in [-0.39, 0.29) is 10.9 Å². The molecule has 0 saturated heterocycles. The van der Waals surface area contributed by atoms with E-state index in [1.807, 2.05) is 6.07 Å². The fraction of sp³-hybridized carbons (Fsp3) is 0.250. The Bertz CT molecular complexity index is 677. The van der Waals surface area contributed by atoms with E-state index in [9.17, 15) is 8.42 Å². The fourth-order valence-corrected chi connectivity index (χ4v) is 3.02. The second-order valence-electron chi connectivity index (χ2n) is 4.34. The summed E-state index contributed by atoms with van der Waals surface area (Å²) in [6.45, 7) is 3.45. The molecule has 0 amide bonds. The summed E-state index contributed by atoms with van der Waals surface area (Å²) in [5.41, 5.74) is 7.55. The van der Waals surface area contributed by atoms with Crippen molar-refractivity contribution in [2.75, 3.05) is 4.72 Å². The van der Waals surface area contributed by atoms with Gasteiger partial charge in [0.15, 0.2) is 0 Å². The van der Waals surface area contributed by atoms with Crippen molar-refractivity contribution in [2.24, 2.45) is 5.73 Å². The molecule has 0 spiro atoms. The number of para-hydroxylation sites is 1. The number of aromatic nitrogens is 2. The molecule has 0 aliphatic carbocycles. The summed E-state index contributed by atoms with van der Waals surface area (Å²) >= 11 is 0. The minimum Gasteiger partial charge on any atom is -0.324 e. The number of aromatic amines is 1. The zero-order valence-corrected chi connectivity index (χ0v) is 11.5. The van der Waals surface area contributed by atoms with Gasteiger partial charge in [0.2, 0.25) is 0 Å². The average molecular weight is 280 g/mol. The van der Waals surface area contributed by atoms with Crippen LogP contribution in [0, 0.1) is 6.92 Å². The molecule has 1 heterocycles. The molecule has 1 atom stereocenters. The lowest BCUT2D eigenvalue weighted by Gasteiger charge is -2.14. The van der Waals surface area contributed by atoms with Gasteiger partial charge in [-0.15, -0.1) is 0 Å². The topological polar surface area (TPSA) is 101 Å². The molecule has 0 fully saturated rings. The zero-order chi connectivity index (χ0) is 14.0. The number of anilines is 1. The van der Waals surface area contributed by atoms with Gasteiger partial charge in [0.1, 0.15) is 4.90 Å². The van der Waals surface area contributed by atoms with Crippen molar-refractivity contribution < 1.29 is 8.42 Å². The molecule has 0 bridgehead atoms. The van der Waals surface area contributed by atoms with Gasteiger partial charge in [0, 0.05) is 6.04 Å². The van der Waals surface area contributed by atoms with Gasteiger partial charge in [0.25, 0.3) is 10.0 Å². The van der Waals surface area contributed by atoms with Crippen molar-refractivity contribution in [3.05, 3.63) is 41.7 Å². The number of sulfonamides is 1. The van der Waals surface area contributed by atoms with Crippen molar-refractivity contribution in [3.63, 3.8) is 0 Å². The number of rotatable bonds is 4. The highest BCUT2D eigenvalue weighted by Crippen LogP contribution is 2.24. The van der Waals surface area contributed by atoms with Crippen LogP contribution in [-0.2, 0) is 10.0 Å². The van der Waals surface area contributed by atoms with E-state index in [1.165, 1.54) is 6.20 Å². The van der Waals surface area contributed by atoms with Crippen LogP contribution in [0.1, 0.15) is 24.2 Å². The smallest absolute Gasteiger partial charge is 0.265 e. The van der Waals surface area contributed by atoms with Crippen molar-refractivity contribution >= 4 is 15.7 Å². The van der Waals surface area contributed by atoms with Gasteiger partial charge in [-0.3, -0.25) is 9.82 Å². The predicted octanol–water partition coefficient (Wildman–Crippen LogP) is 1.54. The number of nitrogens with zero attached hydrogens (tertiary/aromatic N) is 1. The van der Waals surface area contributed by atoms with E-state index in [0.717, 1.165) is 5.56 Å². The number of nitrogens with one attached hydrogen (secondary N) is 2. The standard InChI is InChI=1S/C12H16N4O2S/c1-8(13)10-5-3-4-6-11(10)16-19(17,18)12-7-14-15-9(12)2/h3-8,16H,13H2,1-2H3,(H,14,15). The van der Waals surface area contributed by atoms with E-state index >= 15 is 0 Å². The summed E-state index contributed by atoms with van der Waals surface area (Å²) in [6.07, 6.45) is 1.28. The molecule has 0 aliphatic rings. The van der Waals surface area contributed by atoms with Gasteiger partial charge < -0.3 is 5.73 Å².